The number of allylic oxidation sites excluding steroid dienone is 18. The number of rotatable bonds is 46. The van der Waals surface area contributed by atoms with Gasteiger partial charge in [-0.15, -0.1) is 0 Å². The number of carbonyl (C=O) groups is 3. The monoisotopic (exact) mass is 901 g/mol. The molecule has 0 aliphatic carbocycles. The molecule has 0 aliphatic heterocycles. The van der Waals surface area contributed by atoms with E-state index in [1.54, 1.807) is 0 Å². The van der Waals surface area contributed by atoms with Gasteiger partial charge in [-0.2, -0.15) is 0 Å². The third-order valence-electron chi connectivity index (χ3n) is 10.8. The molecule has 0 aromatic rings. The molecule has 0 N–H and O–H groups in total. The third kappa shape index (κ3) is 50.9. The molecular formula is C59H96O6. The van der Waals surface area contributed by atoms with Crippen LogP contribution in [0.4, 0.5) is 0 Å². The lowest BCUT2D eigenvalue weighted by Gasteiger charge is -2.18. The van der Waals surface area contributed by atoms with Crippen molar-refractivity contribution < 1.29 is 28.6 Å². The molecule has 65 heavy (non-hydrogen) atoms. The van der Waals surface area contributed by atoms with Crippen molar-refractivity contribution in [2.75, 3.05) is 13.2 Å². The summed E-state index contributed by atoms with van der Waals surface area (Å²) in [4.78, 5) is 38.0. The van der Waals surface area contributed by atoms with Crippen LogP contribution in [0.2, 0.25) is 0 Å². The average Bonchev–Trinajstić information content (AvgIpc) is 3.30. The Kier molecular flexibility index (Phi) is 49.5. The molecule has 0 saturated heterocycles. The molecule has 6 nitrogen and oxygen atoms in total. The van der Waals surface area contributed by atoms with Crippen molar-refractivity contribution >= 4 is 17.9 Å². The maximum atomic E-state index is 12.8. The van der Waals surface area contributed by atoms with E-state index in [4.69, 9.17) is 14.2 Å². The fourth-order valence-electron chi connectivity index (χ4n) is 6.81. The van der Waals surface area contributed by atoms with Crippen LogP contribution in [-0.2, 0) is 28.6 Å². The molecule has 0 saturated carbocycles. The molecule has 0 bridgehead atoms. The normalized spacial score (nSPS) is 13.0. The van der Waals surface area contributed by atoms with Crippen LogP contribution in [0, 0.1) is 0 Å². The number of unbranched alkanes of at least 4 members (excludes halogenated alkanes) is 17. The Morgan fingerprint density at radius 1 is 0.323 bits per heavy atom. The Morgan fingerprint density at radius 3 is 1.02 bits per heavy atom. The summed E-state index contributed by atoms with van der Waals surface area (Å²) in [5, 5.41) is 0. The Bertz CT molecular complexity index is 1360. The van der Waals surface area contributed by atoms with Gasteiger partial charge in [0.15, 0.2) is 6.10 Å². The van der Waals surface area contributed by atoms with Crippen LogP contribution in [0.5, 0.6) is 0 Å². The Balaban J connectivity index is 4.53. The summed E-state index contributed by atoms with van der Waals surface area (Å²) >= 11 is 0. The van der Waals surface area contributed by atoms with Crippen molar-refractivity contribution in [3.8, 4) is 0 Å². The van der Waals surface area contributed by atoms with Crippen LogP contribution in [-0.4, -0.2) is 37.2 Å². The topological polar surface area (TPSA) is 78.9 Å². The minimum Gasteiger partial charge on any atom is -0.462 e. The van der Waals surface area contributed by atoms with E-state index in [1.165, 1.54) is 77.0 Å². The molecular weight excluding hydrogens is 805 g/mol. The largest absolute Gasteiger partial charge is 0.462 e. The van der Waals surface area contributed by atoms with Crippen molar-refractivity contribution in [1.82, 2.24) is 0 Å². The van der Waals surface area contributed by atoms with Crippen LogP contribution >= 0.6 is 0 Å². The van der Waals surface area contributed by atoms with Crippen molar-refractivity contribution in [3.63, 3.8) is 0 Å². The van der Waals surface area contributed by atoms with E-state index in [-0.39, 0.29) is 37.5 Å². The van der Waals surface area contributed by atoms with Crippen molar-refractivity contribution in [3.05, 3.63) is 109 Å². The lowest BCUT2D eigenvalue weighted by atomic mass is 10.1. The lowest BCUT2D eigenvalue weighted by molar-refractivity contribution is -0.167. The Hall–Kier alpha value is -3.93. The number of esters is 3. The van der Waals surface area contributed by atoms with Crippen molar-refractivity contribution in [2.24, 2.45) is 0 Å². The highest BCUT2D eigenvalue weighted by molar-refractivity contribution is 5.71. The maximum absolute atomic E-state index is 12.8. The molecule has 0 amide bonds. The molecule has 0 fully saturated rings. The van der Waals surface area contributed by atoms with Crippen LogP contribution < -0.4 is 0 Å². The molecule has 0 aromatic heterocycles. The van der Waals surface area contributed by atoms with E-state index >= 15 is 0 Å². The van der Waals surface area contributed by atoms with Gasteiger partial charge in [0, 0.05) is 19.3 Å². The molecule has 0 radical (unpaired) electrons. The summed E-state index contributed by atoms with van der Waals surface area (Å²) in [6.45, 7) is 6.40. The van der Waals surface area contributed by atoms with Crippen LogP contribution in [0.15, 0.2) is 109 Å². The zero-order valence-electron chi connectivity index (χ0n) is 42.0. The molecule has 0 aliphatic rings. The first kappa shape index (κ1) is 61.1. The minimum atomic E-state index is -0.820. The summed E-state index contributed by atoms with van der Waals surface area (Å²) in [5.41, 5.74) is 0. The first-order valence-corrected chi connectivity index (χ1v) is 26.4. The molecule has 0 rings (SSSR count). The van der Waals surface area contributed by atoms with E-state index in [9.17, 15) is 14.4 Å². The fraction of sp³-hybridized carbons (Fsp3) is 0.644. The molecule has 1 unspecified atom stereocenters. The first-order chi connectivity index (χ1) is 32.0. The lowest BCUT2D eigenvalue weighted by Crippen LogP contribution is -2.30. The molecule has 368 valence electrons. The van der Waals surface area contributed by atoms with Crippen LogP contribution in [0.25, 0.3) is 0 Å². The second-order valence-electron chi connectivity index (χ2n) is 17.1. The molecule has 6 heteroatoms. The smallest absolute Gasteiger partial charge is 0.306 e. The molecule has 0 spiro atoms. The Labute approximate surface area is 400 Å². The number of hydrogen-bond acceptors (Lipinski definition) is 6. The zero-order chi connectivity index (χ0) is 47.2. The Morgan fingerprint density at radius 2 is 0.615 bits per heavy atom. The van der Waals surface area contributed by atoms with Gasteiger partial charge in [0.25, 0.3) is 0 Å². The van der Waals surface area contributed by atoms with Gasteiger partial charge in [0.1, 0.15) is 13.2 Å². The highest BCUT2D eigenvalue weighted by atomic mass is 16.6. The van der Waals surface area contributed by atoms with E-state index in [1.807, 2.05) is 0 Å². The second kappa shape index (κ2) is 52.7. The molecule has 1 atom stereocenters. The van der Waals surface area contributed by atoms with Gasteiger partial charge >= 0.3 is 17.9 Å². The van der Waals surface area contributed by atoms with Gasteiger partial charge < -0.3 is 14.2 Å². The van der Waals surface area contributed by atoms with Gasteiger partial charge in [-0.1, -0.05) is 214 Å². The molecule has 0 heterocycles. The van der Waals surface area contributed by atoms with Crippen molar-refractivity contribution in [1.29, 1.82) is 0 Å². The quantitative estimate of drug-likeness (QED) is 0.0262. The number of ether oxygens (including phenoxy) is 3. The van der Waals surface area contributed by atoms with Crippen molar-refractivity contribution in [2.45, 2.75) is 232 Å². The van der Waals surface area contributed by atoms with E-state index in [2.05, 4.69) is 130 Å². The van der Waals surface area contributed by atoms with E-state index < -0.39 is 6.10 Å². The summed E-state index contributed by atoms with van der Waals surface area (Å²) in [5.74, 6) is -1.01. The summed E-state index contributed by atoms with van der Waals surface area (Å²) in [7, 11) is 0. The van der Waals surface area contributed by atoms with Gasteiger partial charge in [0.2, 0.25) is 0 Å². The summed E-state index contributed by atoms with van der Waals surface area (Å²) < 4.78 is 16.7. The number of carbonyl (C=O) groups excluding carboxylic acids is 3. The SMILES string of the molecule is CC/C=C\C/C=C\C/C=C\C/C=C\C/C=C\CCCCCC(=O)OCC(COC(=O)CCCCCCCCCCCCC)OC(=O)CCC/C=C\C/C=C\C/C=C\C/C=C\CCCCC. The highest BCUT2D eigenvalue weighted by Crippen LogP contribution is 2.13. The average molecular weight is 901 g/mol. The minimum absolute atomic E-state index is 0.111. The predicted molar refractivity (Wildman–Crippen MR) is 279 cm³/mol. The van der Waals surface area contributed by atoms with Gasteiger partial charge in [-0.3, -0.25) is 14.4 Å². The number of hydrogen-bond donors (Lipinski definition) is 0. The van der Waals surface area contributed by atoms with E-state index in [0.29, 0.717) is 19.3 Å². The highest BCUT2D eigenvalue weighted by Gasteiger charge is 2.19. The summed E-state index contributed by atoms with van der Waals surface area (Å²) in [6.07, 6.45) is 70.8. The van der Waals surface area contributed by atoms with Gasteiger partial charge in [-0.05, 0) is 103 Å². The predicted octanol–water partition coefficient (Wildman–Crippen LogP) is 17.5. The van der Waals surface area contributed by atoms with Crippen LogP contribution in [0.3, 0.4) is 0 Å². The standard InChI is InChI=1S/C59H96O6/c1-4-7-10-13-16-19-22-24-26-28-29-31-32-34-37-40-43-46-49-52-58(61)64-55-56(54-63-57(60)51-48-45-42-39-36-21-18-15-12-9-6-3)65-59(62)53-50-47-44-41-38-35-33-30-27-25-23-20-17-14-11-8-5-2/h7,10,16-17,19-20,24-27,29,31,33-35,37,41,44,56H,4-6,8-9,11-15,18,21-23,28,30,32,36,38-40,42-43,45-55H2,1-3H3/b10-7-,19-16-,20-17-,26-24-,27-25-,31-29-,35-33-,37-34-,44-41-. The first-order valence-electron chi connectivity index (χ1n) is 26.4. The van der Waals surface area contributed by atoms with Gasteiger partial charge in [0.05, 0.1) is 0 Å². The zero-order valence-corrected chi connectivity index (χ0v) is 42.0. The van der Waals surface area contributed by atoms with Crippen LogP contribution in [0.1, 0.15) is 226 Å². The second-order valence-corrected chi connectivity index (χ2v) is 17.1. The molecule has 0 aromatic carbocycles. The van der Waals surface area contributed by atoms with Gasteiger partial charge in [-0.25, -0.2) is 0 Å². The fourth-order valence-corrected chi connectivity index (χ4v) is 6.81. The third-order valence-corrected chi connectivity index (χ3v) is 10.8. The maximum Gasteiger partial charge on any atom is 0.306 e. The summed E-state index contributed by atoms with van der Waals surface area (Å²) in [6, 6.07) is 0. The van der Waals surface area contributed by atoms with E-state index in [0.717, 1.165) is 103 Å².